The van der Waals surface area contributed by atoms with Gasteiger partial charge in [0.05, 0.1) is 7.11 Å². The maximum absolute atomic E-state index is 14.2. The number of methoxy groups -OCH3 is 1. The van der Waals surface area contributed by atoms with Crippen molar-refractivity contribution in [1.29, 1.82) is 0 Å². The van der Waals surface area contributed by atoms with Crippen molar-refractivity contribution in [3.8, 4) is 28.7 Å². The molecule has 1 nitrogen and oxygen atoms in total. The standard InChI is InChI=1S/C23H15F3O/c1-3-17-9-8-16(14-20(17)24)5-4-15-6-10-18(11-7-15)19-12-13-21(27-2)23(26)22(19)25/h3,6-14H,1H2,2H3. The number of benzene rings is 3. The zero-order valence-corrected chi connectivity index (χ0v) is 14.5. The van der Waals surface area contributed by atoms with E-state index in [4.69, 9.17) is 4.74 Å². The van der Waals surface area contributed by atoms with Crippen molar-refractivity contribution < 1.29 is 17.9 Å². The van der Waals surface area contributed by atoms with E-state index < -0.39 is 11.6 Å². The van der Waals surface area contributed by atoms with Gasteiger partial charge in [0.25, 0.3) is 0 Å². The van der Waals surface area contributed by atoms with Crippen molar-refractivity contribution in [2.24, 2.45) is 0 Å². The summed E-state index contributed by atoms with van der Waals surface area (Å²) in [7, 11) is 1.28. The number of rotatable bonds is 3. The molecule has 0 saturated heterocycles. The number of halogens is 3. The highest BCUT2D eigenvalue weighted by Gasteiger charge is 2.14. The fraction of sp³-hybridized carbons (Fsp3) is 0.0435. The summed E-state index contributed by atoms with van der Waals surface area (Å²) in [5.41, 5.74) is 2.27. The van der Waals surface area contributed by atoms with Gasteiger partial charge in [-0.15, -0.1) is 0 Å². The van der Waals surface area contributed by atoms with Crippen LogP contribution in [0.4, 0.5) is 13.2 Å². The highest BCUT2D eigenvalue weighted by molar-refractivity contribution is 5.66. The third-order valence-electron chi connectivity index (χ3n) is 4.03. The van der Waals surface area contributed by atoms with Crippen LogP contribution in [0.5, 0.6) is 5.75 Å². The molecule has 0 spiro atoms. The molecule has 0 aromatic heterocycles. The van der Waals surface area contributed by atoms with Crippen LogP contribution in [-0.2, 0) is 0 Å². The minimum atomic E-state index is -1.02. The van der Waals surface area contributed by atoms with Crippen LogP contribution in [0.25, 0.3) is 17.2 Å². The highest BCUT2D eigenvalue weighted by atomic mass is 19.2. The topological polar surface area (TPSA) is 9.23 Å². The Bertz CT molecular complexity index is 1060. The van der Waals surface area contributed by atoms with Crippen molar-refractivity contribution >= 4 is 6.08 Å². The Morgan fingerprint density at radius 3 is 2.15 bits per heavy atom. The lowest BCUT2D eigenvalue weighted by molar-refractivity contribution is 0.372. The molecule has 0 aliphatic rings. The normalized spacial score (nSPS) is 10.1. The van der Waals surface area contributed by atoms with Gasteiger partial charge in [-0.3, -0.25) is 0 Å². The molecule has 0 bridgehead atoms. The summed E-state index contributed by atoms with van der Waals surface area (Å²) in [5, 5.41) is 0. The second kappa shape index (κ2) is 7.84. The molecule has 4 heteroatoms. The first-order valence-corrected chi connectivity index (χ1v) is 8.10. The lowest BCUT2D eigenvalue weighted by Crippen LogP contribution is -1.95. The monoisotopic (exact) mass is 364 g/mol. The van der Waals surface area contributed by atoms with Gasteiger partial charge < -0.3 is 4.74 Å². The first-order chi connectivity index (χ1) is 13.0. The van der Waals surface area contributed by atoms with Gasteiger partial charge in [-0.1, -0.05) is 42.7 Å². The van der Waals surface area contributed by atoms with Crippen LogP contribution in [0.3, 0.4) is 0 Å². The lowest BCUT2D eigenvalue weighted by Gasteiger charge is -2.08. The van der Waals surface area contributed by atoms with E-state index in [1.165, 1.54) is 31.4 Å². The van der Waals surface area contributed by atoms with Gasteiger partial charge in [0.15, 0.2) is 11.6 Å². The molecule has 0 radical (unpaired) electrons. The van der Waals surface area contributed by atoms with Gasteiger partial charge >= 0.3 is 0 Å². The van der Waals surface area contributed by atoms with E-state index >= 15 is 0 Å². The molecule has 134 valence electrons. The van der Waals surface area contributed by atoms with Crippen molar-refractivity contribution in [2.45, 2.75) is 0 Å². The molecule has 0 amide bonds. The molecular formula is C23H15F3O. The van der Waals surface area contributed by atoms with Gasteiger partial charge in [-0.05, 0) is 42.0 Å². The zero-order chi connectivity index (χ0) is 19.4. The molecular weight excluding hydrogens is 349 g/mol. The second-order valence-corrected chi connectivity index (χ2v) is 5.71. The van der Waals surface area contributed by atoms with Crippen LogP contribution >= 0.6 is 0 Å². The molecule has 0 fully saturated rings. The summed E-state index contributed by atoms with van der Waals surface area (Å²) in [6, 6.07) is 14.2. The van der Waals surface area contributed by atoms with E-state index in [9.17, 15) is 13.2 Å². The lowest BCUT2D eigenvalue weighted by atomic mass is 10.0. The van der Waals surface area contributed by atoms with Crippen molar-refractivity contribution in [3.63, 3.8) is 0 Å². The summed E-state index contributed by atoms with van der Waals surface area (Å²) in [6.07, 6.45) is 1.44. The van der Waals surface area contributed by atoms with Crippen LogP contribution in [0, 0.1) is 29.3 Å². The Kier molecular flexibility index (Phi) is 5.33. The number of hydrogen-bond acceptors (Lipinski definition) is 1. The maximum Gasteiger partial charge on any atom is 0.201 e. The SMILES string of the molecule is C=Cc1ccc(C#Cc2ccc(-c3ccc(OC)c(F)c3F)cc2)cc1F. The van der Waals surface area contributed by atoms with Crippen molar-refractivity contribution in [2.75, 3.05) is 7.11 Å². The van der Waals surface area contributed by atoms with Crippen LogP contribution in [0.1, 0.15) is 16.7 Å². The molecule has 0 saturated carbocycles. The first-order valence-electron chi connectivity index (χ1n) is 8.10. The van der Waals surface area contributed by atoms with Crippen LogP contribution in [-0.4, -0.2) is 7.11 Å². The smallest absolute Gasteiger partial charge is 0.201 e. The van der Waals surface area contributed by atoms with Gasteiger partial charge in [0.1, 0.15) is 5.82 Å². The Morgan fingerprint density at radius 2 is 1.52 bits per heavy atom. The van der Waals surface area contributed by atoms with E-state index in [2.05, 4.69) is 18.4 Å². The Labute approximate surface area is 155 Å². The first kappa shape index (κ1) is 18.3. The van der Waals surface area contributed by atoms with E-state index in [-0.39, 0.29) is 17.1 Å². The van der Waals surface area contributed by atoms with Crippen molar-refractivity contribution in [1.82, 2.24) is 0 Å². The third kappa shape index (κ3) is 3.88. The molecule has 3 aromatic rings. The number of hydrogen-bond donors (Lipinski definition) is 0. The van der Waals surface area contributed by atoms with Gasteiger partial charge in [0.2, 0.25) is 5.82 Å². The van der Waals surface area contributed by atoms with Crippen LogP contribution < -0.4 is 4.74 Å². The average molecular weight is 364 g/mol. The van der Waals surface area contributed by atoms with Crippen molar-refractivity contribution in [3.05, 3.63) is 95.3 Å². The quantitative estimate of drug-likeness (QED) is 0.532. The highest BCUT2D eigenvalue weighted by Crippen LogP contribution is 2.29. The molecule has 3 aromatic carbocycles. The molecule has 0 aliphatic heterocycles. The Morgan fingerprint density at radius 1 is 0.852 bits per heavy atom. The summed E-state index contributed by atoms with van der Waals surface area (Å²) < 4.78 is 46.5. The minimum Gasteiger partial charge on any atom is -0.494 e. The maximum atomic E-state index is 14.2. The summed E-state index contributed by atoms with van der Waals surface area (Å²) in [4.78, 5) is 0. The fourth-order valence-electron chi connectivity index (χ4n) is 2.56. The third-order valence-corrected chi connectivity index (χ3v) is 4.03. The van der Waals surface area contributed by atoms with E-state index in [0.717, 1.165) is 0 Å². The largest absolute Gasteiger partial charge is 0.494 e. The average Bonchev–Trinajstić information content (AvgIpc) is 2.69. The molecule has 0 atom stereocenters. The molecule has 3 rings (SSSR count). The van der Waals surface area contributed by atoms with E-state index in [0.29, 0.717) is 22.3 Å². The number of ether oxygens (including phenoxy) is 1. The zero-order valence-electron chi connectivity index (χ0n) is 14.5. The summed E-state index contributed by atoms with van der Waals surface area (Å²) >= 11 is 0. The Hall–Kier alpha value is -3.45. The van der Waals surface area contributed by atoms with Gasteiger partial charge in [-0.2, -0.15) is 4.39 Å². The molecule has 0 unspecified atom stereocenters. The molecule has 0 N–H and O–H groups in total. The van der Waals surface area contributed by atoms with Crippen LogP contribution in [0.15, 0.2) is 61.2 Å². The van der Waals surface area contributed by atoms with E-state index in [1.807, 2.05) is 0 Å². The van der Waals surface area contributed by atoms with E-state index in [1.54, 1.807) is 36.4 Å². The molecule has 27 heavy (non-hydrogen) atoms. The summed E-state index contributed by atoms with van der Waals surface area (Å²) in [6.45, 7) is 3.54. The predicted molar refractivity (Wildman–Crippen MR) is 101 cm³/mol. The predicted octanol–water partition coefficient (Wildman–Crippen LogP) is 5.82. The molecule has 0 aliphatic carbocycles. The Balaban J connectivity index is 1.86. The van der Waals surface area contributed by atoms with Gasteiger partial charge in [-0.25, -0.2) is 8.78 Å². The fourth-order valence-corrected chi connectivity index (χ4v) is 2.56. The molecule has 0 heterocycles. The second-order valence-electron chi connectivity index (χ2n) is 5.71. The summed E-state index contributed by atoms with van der Waals surface area (Å²) in [5.74, 6) is 3.27. The van der Waals surface area contributed by atoms with Crippen LogP contribution in [0.2, 0.25) is 0 Å². The van der Waals surface area contributed by atoms with Gasteiger partial charge in [0, 0.05) is 22.3 Å². The minimum absolute atomic E-state index is 0.134.